The number of carbonyl (C=O) groups excluding carboxylic acids is 1. The molecule has 174 valence electrons. The van der Waals surface area contributed by atoms with Gasteiger partial charge in [0.1, 0.15) is 10.6 Å². The quantitative estimate of drug-likeness (QED) is 0.437. The molecule has 0 radical (unpaired) electrons. The van der Waals surface area contributed by atoms with Crippen molar-refractivity contribution in [3.05, 3.63) is 57.0 Å². The monoisotopic (exact) mass is 471 g/mol. The smallest absolute Gasteiger partial charge is 0.306 e. The number of H-pyrrole nitrogens is 1. The van der Waals surface area contributed by atoms with Gasteiger partial charge in [0.25, 0.3) is 11.5 Å². The zero-order chi connectivity index (χ0) is 23.4. The van der Waals surface area contributed by atoms with Gasteiger partial charge in [0.05, 0.1) is 25.0 Å². The molecule has 2 aromatic heterocycles. The second kappa shape index (κ2) is 10.1. The number of aromatic amines is 1. The minimum atomic E-state index is -0.748. The summed E-state index contributed by atoms with van der Waals surface area (Å²) in [5, 5.41) is 14.1. The molecular weight excluding hydrogens is 446 g/mol. The highest BCUT2D eigenvalue weighted by Gasteiger charge is 2.29. The van der Waals surface area contributed by atoms with Crippen molar-refractivity contribution in [2.45, 2.75) is 32.4 Å². The van der Waals surface area contributed by atoms with Crippen LogP contribution in [0.2, 0.25) is 0 Å². The molecule has 10 heteroatoms. The van der Waals surface area contributed by atoms with E-state index in [0.29, 0.717) is 41.0 Å². The molecule has 9 nitrogen and oxygen atoms in total. The van der Waals surface area contributed by atoms with Crippen LogP contribution in [0.15, 0.2) is 34.4 Å². The molecule has 3 N–H and O–H groups in total. The van der Waals surface area contributed by atoms with Crippen LogP contribution in [-0.2, 0) is 22.7 Å². The van der Waals surface area contributed by atoms with E-state index >= 15 is 0 Å². The predicted octanol–water partition coefficient (Wildman–Crippen LogP) is 2.94. The summed E-state index contributed by atoms with van der Waals surface area (Å²) in [4.78, 5) is 43.7. The lowest BCUT2D eigenvalue weighted by Crippen LogP contribution is -2.27. The van der Waals surface area contributed by atoms with Crippen LogP contribution in [0.4, 0.5) is 0 Å². The Morgan fingerprint density at radius 2 is 2.18 bits per heavy atom. The first-order valence-corrected chi connectivity index (χ1v) is 11.5. The fraction of sp³-hybridized carbons (Fsp3) is 0.391. The summed E-state index contributed by atoms with van der Waals surface area (Å²) in [5.74, 6) is -0.652. The first kappa shape index (κ1) is 22.9. The molecule has 0 spiro atoms. The fourth-order valence-corrected chi connectivity index (χ4v) is 4.98. The number of aliphatic carboxylic acids is 1. The third-order valence-corrected chi connectivity index (χ3v) is 6.75. The molecule has 0 bridgehead atoms. The second-order valence-corrected chi connectivity index (χ2v) is 8.98. The number of carbonyl (C=O) groups is 2. The standard InChI is InChI=1S/C23H25N3O6S/c1-31-17-4-2-3-13(8-17)9-24-21(28)19-25-20(27)18-16(12-33-22(18)26-19)11-32-10-14-5-6-15(7-14)23(29)30/h2-4,8,12,14-15H,5-7,9-11H2,1H3,(H,24,28)(H,29,30)(H,25,26,27). The number of thiophene rings is 1. The summed E-state index contributed by atoms with van der Waals surface area (Å²) < 4.78 is 11.0. The second-order valence-electron chi connectivity index (χ2n) is 8.12. The number of nitrogens with zero attached hydrogens (tertiary/aromatic N) is 1. The highest BCUT2D eigenvalue weighted by atomic mass is 32.1. The molecule has 4 rings (SSSR count). The SMILES string of the molecule is COc1cccc(CNC(=O)c2nc3scc(COCC4CCC(C(=O)O)C4)c3c(=O)[nH]2)c1. The summed E-state index contributed by atoms with van der Waals surface area (Å²) >= 11 is 1.28. The molecule has 2 heterocycles. The number of hydrogen-bond donors (Lipinski definition) is 3. The van der Waals surface area contributed by atoms with Crippen LogP contribution in [0.5, 0.6) is 5.75 Å². The van der Waals surface area contributed by atoms with Gasteiger partial charge in [-0.05, 0) is 48.3 Å². The lowest BCUT2D eigenvalue weighted by Gasteiger charge is -2.10. The number of benzene rings is 1. The fourth-order valence-electron chi connectivity index (χ4n) is 4.06. The van der Waals surface area contributed by atoms with Crippen LogP contribution in [0.25, 0.3) is 10.2 Å². The maximum absolute atomic E-state index is 12.7. The van der Waals surface area contributed by atoms with Crippen molar-refractivity contribution < 1.29 is 24.2 Å². The van der Waals surface area contributed by atoms with E-state index in [2.05, 4.69) is 15.3 Å². The van der Waals surface area contributed by atoms with Crippen molar-refractivity contribution in [3.63, 3.8) is 0 Å². The van der Waals surface area contributed by atoms with E-state index in [1.807, 2.05) is 24.3 Å². The Balaban J connectivity index is 1.37. The average Bonchev–Trinajstić information content (AvgIpc) is 3.45. The molecule has 1 aromatic carbocycles. The molecule has 1 amide bonds. The lowest BCUT2D eigenvalue weighted by molar-refractivity contribution is -0.141. The van der Waals surface area contributed by atoms with Crippen LogP contribution in [0, 0.1) is 11.8 Å². The number of rotatable bonds is 9. The molecule has 1 saturated carbocycles. The van der Waals surface area contributed by atoms with Gasteiger partial charge in [0.15, 0.2) is 0 Å². The first-order chi connectivity index (χ1) is 15.9. The number of hydrogen-bond acceptors (Lipinski definition) is 7. The molecule has 2 atom stereocenters. The highest BCUT2D eigenvalue weighted by Crippen LogP contribution is 2.31. The zero-order valence-electron chi connectivity index (χ0n) is 18.1. The van der Waals surface area contributed by atoms with E-state index in [0.717, 1.165) is 12.0 Å². The van der Waals surface area contributed by atoms with Crippen LogP contribution in [0.3, 0.4) is 0 Å². The van der Waals surface area contributed by atoms with Crippen molar-refractivity contribution >= 4 is 33.4 Å². The Bertz CT molecular complexity index is 1220. The lowest BCUT2D eigenvalue weighted by atomic mass is 10.1. The van der Waals surface area contributed by atoms with Crippen molar-refractivity contribution in [3.8, 4) is 5.75 Å². The Kier molecular flexibility index (Phi) is 7.05. The summed E-state index contributed by atoms with van der Waals surface area (Å²) in [5.41, 5.74) is 1.18. The van der Waals surface area contributed by atoms with Gasteiger partial charge in [-0.2, -0.15) is 0 Å². The van der Waals surface area contributed by atoms with Crippen molar-refractivity contribution in [1.29, 1.82) is 0 Å². The van der Waals surface area contributed by atoms with E-state index < -0.39 is 17.4 Å². The van der Waals surface area contributed by atoms with Crippen molar-refractivity contribution in [1.82, 2.24) is 15.3 Å². The average molecular weight is 472 g/mol. The van der Waals surface area contributed by atoms with Gasteiger partial charge in [-0.25, -0.2) is 4.98 Å². The largest absolute Gasteiger partial charge is 0.497 e. The van der Waals surface area contributed by atoms with Gasteiger partial charge >= 0.3 is 5.97 Å². The molecule has 1 aliphatic rings. The highest BCUT2D eigenvalue weighted by molar-refractivity contribution is 7.16. The van der Waals surface area contributed by atoms with Gasteiger partial charge in [0, 0.05) is 18.7 Å². The number of ether oxygens (including phenoxy) is 2. The Labute approximate surface area is 193 Å². The van der Waals surface area contributed by atoms with E-state index in [-0.39, 0.29) is 30.8 Å². The maximum atomic E-state index is 12.7. The molecule has 1 aliphatic carbocycles. The van der Waals surface area contributed by atoms with E-state index in [9.17, 15) is 14.4 Å². The van der Waals surface area contributed by atoms with Crippen molar-refractivity contribution in [2.75, 3.05) is 13.7 Å². The molecule has 3 aromatic rings. The zero-order valence-corrected chi connectivity index (χ0v) is 18.9. The number of fused-ring (bicyclic) bond motifs is 1. The Hall–Kier alpha value is -3.24. The Morgan fingerprint density at radius 3 is 2.94 bits per heavy atom. The first-order valence-electron chi connectivity index (χ1n) is 10.7. The summed E-state index contributed by atoms with van der Waals surface area (Å²) in [6.07, 6.45) is 2.13. The molecule has 1 fully saturated rings. The number of aromatic nitrogens is 2. The molecule has 2 unspecified atom stereocenters. The Morgan fingerprint density at radius 1 is 1.33 bits per heavy atom. The molecule has 0 saturated heterocycles. The number of amides is 1. The normalized spacial score (nSPS) is 17.8. The van der Waals surface area contributed by atoms with Gasteiger partial charge in [-0.15, -0.1) is 11.3 Å². The number of carboxylic acid groups (broad SMARTS) is 1. The molecule has 33 heavy (non-hydrogen) atoms. The van der Waals surface area contributed by atoms with Crippen LogP contribution >= 0.6 is 11.3 Å². The minimum absolute atomic E-state index is 0.0459. The van der Waals surface area contributed by atoms with Crippen molar-refractivity contribution in [2.24, 2.45) is 11.8 Å². The molecule has 0 aliphatic heterocycles. The summed E-state index contributed by atoms with van der Waals surface area (Å²) in [6.45, 7) is 0.961. The number of nitrogens with one attached hydrogen (secondary N) is 2. The van der Waals surface area contributed by atoms with Crippen LogP contribution in [0.1, 0.15) is 41.0 Å². The van der Waals surface area contributed by atoms with Gasteiger partial charge in [-0.1, -0.05) is 12.1 Å². The summed E-state index contributed by atoms with van der Waals surface area (Å²) in [7, 11) is 1.57. The maximum Gasteiger partial charge on any atom is 0.306 e. The molecular formula is C23H25N3O6S. The predicted molar refractivity (Wildman–Crippen MR) is 123 cm³/mol. The van der Waals surface area contributed by atoms with E-state index in [1.165, 1.54) is 11.3 Å². The third-order valence-electron chi connectivity index (χ3n) is 5.82. The van der Waals surface area contributed by atoms with E-state index in [4.69, 9.17) is 14.6 Å². The van der Waals surface area contributed by atoms with Crippen LogP contribution < -0.4 is 15.6 Å². The van der Waals surface area contributed by atoms with E-state index in [1.54, 1.807) is 12.5 Å². The van der Waals surface area contributed by atoms with Gasteiger partial charge in [0.2, 0.25) is 5.82 Å². The van der Waals surface area contributed by atoms with Crippen LogP contribution in [-0.4, -0.2) is 40.7 Å². The van der Waals surface area contributed by atoms with Gasteiger partial charge < -0.3 is 24.9 Å². The third kappa shape index (κ3) is 5.40. The topological polar surface area (TPSA) is 131 Å². The van der Waals surface area contributed by atoms with Gasteiger partial charge in [-0.3, -0.25) is 14.4 Å². The number of methoxy groups -OCH3 is 1. The number of carboxylic acids is 1. The minimum Gasteiger partial charge on any atom is -0.497 e. The summed E-state index contributed by atoms with van der Waals surface area (Å²) in [6, 6.07) is 7.33.